The number of rotatable bonds is 12. The Bertz CT molecular complexity index is 383. The molecule has 0 spiro atoms. The largest absolute Gasteiger partial charge is 0.406 e. The summed E-state index contributed by atoms with van der Waals surface area (Å²) in [5.74, 6) is -0.118. The van der Waals surface area contributed by atoms with Crippen molar-refractivity contribution in [2.45, 2.75) is 50.1 Å². The Hall–Kier alpha value is 0.120. The number of ether oxygens (including phenoxy) is 2. The SMILES string of the molecule is CC(N)(CCOCSCNC(C)(CCOCS)C(F)(F)F)C(F)(F)F. The Balaban J connectivity index is 4.11. The van der Waals surface area contributed by atoms with E-state index in [1.807, 2.05) is 0 Å². The molecule has 12 heteroatoms. The van der Waals surface area contributed by atoms with Gasteiger partial charge in [0.1, 0.15) is 11.1 Å². The summed E-state index contributed by atoms with van der Waals surface area (Å²) in [7, 11) is 0. The van der Waals surface area contributed by atoms with Crippen LogP contribution in [0.15, 0.2) is 0 Å². The molecule has 0 aliphatic heterocycles. The first-order valence-corrected chi connectivity index (χ1v) is 9.07. The summed E-state index contributed by atoms with van der Waals surface area (Å²) in [5.41, 5.74) is 0.624. The third kappa shape index (κ3) is 9.05. The van der Waals surface area contributed by atoms with Crippen LogP contribution in [0, 0.1) is 0 Å². The van der Waals surface area contributed by atoms with Gasteiger partial charge in [0.15, 0.2) is 0 Å². The summed E-state index contributed by atoms with van der Waals surface area (Å²) >= 11 is 4.74. The normalized spacial score (nSPS) is 18.0. The molecule has 152 valence electrons. The molecule has 0 aromatic heterocycles. The molecule has 0 aromatic rings. The molecule has 0 amide bonds. The average Bonchev–Trinajstić information content (AvgIpc) is 2.44. The minimum Gasteiger partial charge on any atom is -0.371 e. The standard InChI is InChI=1S/C13H24F6N2O2S2/c1-10(20,12(14,15)16)3-5-23-9-25-7-21-11(2,13(17,18)19)4-6-22-8-24/h21,24H,3-9,20H2,1-2H3. The zero-order valence-electron chi connectivity index (χ0n) is 14.0. The van der Waals surface area contributed by atoms with Crippen LogP contribution >= 0.6 is 24.4 Å². The molecule has 4 nitrogen and oxygen atoms in total. The lowest BCUT2D eigenvalue weighted by molar-refractivity contribution is -0.194. The molecule has 0 aliphatic rings. The van der Waals surface area contributed by atoms with Crippen LogP contribution in [0.25, 0.3) is 0 Å². The van der Waals surface area contributed by atoms with Crippen molar-refractivity contribution in [3.63, 3.8) is 0 Å². The second-order valence-electron chi connectivity index (χ2n) is 5.83. The molecule has 0 heterocycles. The maximum atomic E-state index is 13.1. The summed E-state index contributed by atoms with van der Waals surface area (Å²) in [6.07, 6.45) is -9.77. The van der Waals surface area contributed by atoms with Crippen LogP contribution in [-0.4, -0.2) is 54.4 Å². The number of hydrogen-bond donors (Lipinski definition) is 3. The molecule has 0 radical (unpaired) electrons. The van der Waals surface area contributed by atoms with Crippen LogP contribution in [0.4, 0.5) is 26.3 Å². The lowest BCUT2D eigenvalue weighted by Crippen LogP contribution is -2.55. The Morgan fingerprint density at radius 1 is 0.960 bits per heavy atom. The van der Waals surface area contributed by atoms with Gasteiger partial charge >= 0.3 is 12.4 Å². The van der Waals surface area contributed by atoms with Crippen LogP contribution in [0.5, 0.6) is 0 Å². The topological polar surface area (TPSA) is 56.5 Å². The van der Waals surface area contributed by atoms with Gasteiger partial charge in [-0.2, -0.15) is 39.0 Å². The van der Waals surface area contributed by atoms with Gasteiger partial charge in [0.2, 0.25) is 0 Å². The Morgan fingerprint density at radius 2 is 1.52 bits per heavy atom. The monoisotopic (exact) mass is 418 g/mol. The van der Waals surface area contributed by atoms with Crippen molar-refractivity contribution in [1.82, 2.24) is 5.32 Å². The van der Waals surface area contributed by atoms with Crippen molar-refractivity contribution in [3.05, 3.63) is 0 Å². The van der Waals surface area contributed by atoms with E-state index in [-0.39, 0.29) is 37.4 Å². The van der Waals surface area contributed by atoms with E-state index in [1.165, 1.54) is 0 Å². The molecule has 0 bridgehead atoms. The number of alkyl halides is 6. The first-order valence-electron chi connectivity index (χ1n) is 7.28. The second kappa shape index (κ2) is 10.5. The van der Waals surface area contributed by atoms with E-state index >= 15 is 0 Å². The molecule has 2 unspecified atom stereocenters. The molecule has 0 saturated heterocycles. The fourth-order valence-corrected chi connectivity index (χ4v) is 2.34. The minimum atomic E-state index is -4.55. The van der Waals surface area contributed by atoms with Crippen LogP contribution in [0.3, 0.4) is 0 Å². The van der Waals surface area contributed by atoms with Gasteiger partial charge < -0.3 is 15.2 Å². The molecule has 3 N–H and O–H groups in total. The van der Waals surface area contributed by atoms with Gasteiger partial charge in [-0.25, -0.2) is 0 Å². The molecule has 0 saturated carbocycles. The predicted octanol–water partition coefficient (Wildman–Crippen LogP) is 3.53. The third-order valence-corrected chi connectivity index (χ3v) is 4.47. The average molecular weight is 418 g/mol. The quantitative estimate of drug-likeness (QED) is 0.196. The first kappa shape index (κ1) is 25.1. The number of thiol groups is 1. The van der Waals surface area contributed by atoms with Crippen molar-refractivity contribution in [2.24, 2.45) is 5.73 Å². The van der Waals surface area contributed by atoms with Gasteiger partial charge in [0.25, 0.3) is 0 Å². The van der Waals surface area contributed by atoms with E-state index in [0.29, 0.717) is 0 Å². The summed E-state index contributed by atoms with van der Waals surface area (Å²) in [6, 6.07) is 0. The van der Waals surface area contributed by atoms with Crippen molar-refractivity contribution in [1.29, 1.82) is 0 Å². The molecule has 25 heavy (non-hydrogen) atoms. The van der Waals surface area contributed by atoms with Gasteiger partial charge in [0, 0.05) is 19.1 Å². The maximum absolute atomic E-state index is 13.1. The highest BCUT2D eigenvalue weighted by atomic mass is 32.2. The third-order valence-electron chi connectivity index (χ3n) is 3.61. The van der Waals surface area contributed by atoms with Crippen molar-refractivity contribution in [3.8, 4) is 0 Å². The fraction of sp³-hybridized carbons (Fsp3) is 1.00. The number of nitrogens with one attached hydrogen (secondary N) is 1. The lowest BCUT2D eigenvalue weighted by Gasteiger charge is -2.33. The molecule has 0 aliphatic carbocycles. The maximum Gasteiger partial charge on any atom is 0.406 e. The molecular weight excluding hydrogens is 394 g/mol. The summed E-state index contributed by atoms with van der Waals surface area (Å²) in [6.45, 7) is 1.51. The van der Waals surface area contributed by atoms with Crippen molar-refractivity contribution < 1.29 is 35.8 Å². The van der Waals surface area contributed by atoms with E-state index in [4.69, 9.17) is 15.2 Å². The van der Waals surface area contributed by atoms with E-state index in [0.717, 1.165) is 25.6 Å². The van der Waals surface area contributed by atoms with Gasteiger partial charge in [-0.1, -0.05) is 0 Å². The van der Waals surface area contributed by atoms with Crippen LogP contribution in [0.2, 0.25) is 0 Å². The Morgan fingerprint density at radius 3 is 2.00 bits per heavy atom. The first-order chi connectivity index (χ1) is 11.3. The Labute approximate surface area is 153 Å². The zero-order valence-corrected chi connectivity index (χ0v) is 15.7. The number of nitrogens with two attached hydrogens (primary N) is 1. The zero-order chi connectivity index (χ0) is 19.8. The van der Waals surface area contributed by atoms with Crippen LogP contribution < -0.4 is 11.1 Å². The van der Waals surface area contributed by atoms with Crippen LogP contribution in [-0.2, 0) is 9.47 Å². The molecular formula is C13H24F6N2O2S2. The number of halogens is 6. The minimum absolute atomic E-state index is 0.0223. The van der Waals surface area contributed by atoms with E-state index < -0.39 is 29.9 Å². The van der Waals surface area contributed by atoms with Gasteiger partial charge in [-0.3, -0.25) is 5.32 Å². The highest BCUT2D eigenvalue weighted by Gasteiger charge is 2.50. The smallest absolute Gasteiger partial charge is 0.371 e. The highest BCUT2D eigenvalue weighted by Crippen LogP contribution is 2.33. The molecule has 0 aromatic carbocycles. The van der Waals surface area contributed by atoms with E-state index in [1.54, 1.807) is 0 Å². The van der Waals surface area contributed by atoms with Gasteiger partial charge in [0.05, 0.1) is 11.9 Å². The van der Waals surface area contributed by atoms with Crippen molar-refractivity contribution >= 4 is 24.4 Å². The van der Waals surface area contributed by atoms with E-state index in [2.05, 4.69) is 17.9 Å². The van der Waals surface area contributed by atoms with Gasteiger partial charge in [-0.05, 0) is 26.7 Å². The molecule has 2 atom stereocenters. The van der Waals surface area contributed by atoms with Crippen LogP contribution in [0.1, 0.15) is 26.7 Å². The highest BCUT2D eigenvalue weighted by molar-refractivity contribution is 7.99. The predicted molar refractivity (Wildman–Crippen MR) is 88.6 cm³/mol. The summed E-state index contributed by atoms with van der Waals surface area (Å²) in [5, 5.41) is 2.37. The van der Waals surface area contributed by atoms with Crippen molar-refractivity contribution in [2.75, 3.05) is 31.0 Å². The Kier molecular flexibility index (Phi) is 10.5. The fourth-order valence-electron chi connectivity index (χ4n) is 1.47. The number of thioether (sulfide) groups is 1. The summed E-state index contributed by atoms with van der Waals surface area (Å²) in [4.78, 5) is 0. The lowest BCUT2D eigenvalue weighted by atomic mass is 9.98. The van der Waals surface area contributed by atoms with Gasteiger partial charge in [-0.15, -0.1) is 11.8 Å². The molecule has 0 rings (SSSR count). The second-order valence-corrected chi connectivity index (χ2v) is 7.02. The number of hydrogen-bond acceptors (Lipinski definition) is 6. The van der Waals surface area contributed by atoms with E-state index in [9.17, 15) is 26.3 Å². The molecule has 0 fully saturated rings. The summed E-state index contributed by atoms with van der Waals surface area (Å²) < 4.78 is 86.7.